The van der Waals surface area contributed by atoms with Crippen molar-refractivity contribution in [2.75, 3.05) is 19.6 Å². The number of hydrogen-bond acceptors (Lipinski definition) is 6. The molecular weight excluding hydrogens is 334 g/mol. The van der Waals surface area contributed by atoms with Crippen LogP contribution < -0.4 is 0 Å². The molecule has 0 saturated carbocycles. The van der Waals surface area contributed by atoms with Crippen LogP contribution in [0, 0.1) is 0 Å². The first-order valence-electron chi connectivity index (χ1n) is 3.99. The monoisotopic (exact) mass is 345 g/mol. The summed E-state index contributed by atoms with van der Waals surface area (Å²) < 4.78 is 31.6. The van der Waals surface area contributed by atoms with Gasteiger partial charge in [-0.25, -0.2) is 0 Å². The second-order valence-corrected chi connectivity index (χ2v) is 3.67. The molecule has 0 aromatic rings. The van der Waals surface area contributed by atoms with Crippen LogP contribution in [0.4, 0.5) is 0 Å². The van der Waals surface area contributed by atoms with Crippen molar-refractivity contribution in [2.24, 2.45) is 0 Å². The quantitative estimate of drug-likeness (QED) is 0.261. The smallest absolute Gasteiger partial charge is 0.394 e. The molecule has 0 unspecified atom stereocenters. The zero-order chi connectivity index (χ0) is 14.9. The number of carbonyl (C=O) groups is 3. The van der Waals surface area contributed by atoms with Gasteiger partial charge in [-0.3, -0.25) is 28.4 Å². The summed E-state index contributed by atoms with van der Waals surface area (Å²) in [6.45, 7) is -1.80. The number of hydrogen-bond donors (Lipinski definition) is 5. The number of carboxylic acid groups (broad SMARTS) is 3. The van der Waals surface area contributed by atoms with Crippen LogP contribution in [0.2, 0.25) is 0 Å². The van der Waals surface area contributed by atoms with Gasteiger partial charge in [0, 0.05) is 17.1 Å². The Labute approximate surface area is 117 Å². The van der Waals surface area contributed by atoms with E-state index in [2.05, 4.69) is 0 Å². The van der Waals surface area contributed by atoms with Crippen molar-refractivity contribution in [2.45, 2.75) is 0 Å². The van der Waals surface area contributed by atoms with Gasteiger partial charge in [0.2, 0.25) is 0 Å². The number of rotatable bonds is 6. The van der Waals surface area contributed by atoms with Gasteiger partial charge in [-0.2, -0.15) is 8.42 Å². The van der Waals surface area contributed by atoms with Crippen LogP contribution >= 0.6 is 0 Å². The summed E-state index contributed by atoms with van der Waals surface area (Å²) in [6.07, 6.45) is 0. The topological polar surface area (TPSA) is 190 Å². The maximum Gasteiger partial charge on any atom is 0.394 e. The van der Waals surface area contributed by atoms with Crippen LogP contribution in [0.3, 0.4) is 0 Å². The Morgan fingerprint density at radius 2 is 0.947 bits per heavy atom. The summed E-state index contributed by atoms with van der Waals surface area (Å²) in [5, 5.41) is 24.8. The van der Waals surface area contributed by atoms with Crippen molar-refractivity contribution < 1.29 is 64.3 Å². The first kappa shape index (κ1) is 22.9. The zero-order valence-corrected chi connectivity index (χ0v) is 11.0. The molecule has 0 radical (unpaired) electrons. The maximum atomic E-state index is 10.1. The average molecular weight is 345 g/mol. The Morgan fingerprint density at radius 3 is 1.05 bits per heavy atom. The fourth-order valence-corrected chi connectivity index (χ4v) is 0.742. The van der Waals surface area contributed by atoms with Crippen LogP contribution in [0.15, 0.2) is 0 Å². The van der Waals surface area contributed by atoms with Crippen molar-refractivity contribution in [3.63, 3.8) is 0 Å². The minimum absolute atomic E-state index is 0. The number of carboxylic acids is 3. The molecular formula is C6H11FeNO10S. The molecule has 13 heteroatoms. The van der Waals surface area contributed by atoms with Crippen molar-refractivity contribution in [1.29, 1.82) is 0 Å². The van der Waals surface area contributed by atoms with E-state index in [1.165, 1.54) is 0 Å². The largest absolute Gasteiger partial charge is 0.480 e. The summed E-state index contributed by atoms with van der Waals surface area (Å²) in [5.74, 6) is -3.78. The predicted molar refractivity (Wildman–Crippen MR) is 53.5 cm³/mol. The molecule has 0 aliphatic rings. The van der Waals surface area contributed by atoms with Gasteiger partial charge in [0.1, 0.15) is 0 Å². The Balaban J connectivity index is -0.000000366. The van der Waals surface area contributed by atoms with Crippen LogP contribution in [0.5, 0.6) is 0 Å². The van der Waals surface area contributed by atoms with Gasteiger partial charge in [-0.05, 0) is 0 Å². The fourth-order valence-electron chi connectivity index (χ4n) is 0.742. The molecule has 0 atom stereocenters. The van der Waals surface area contributed by atoms with E-state index in [-0.39, 0.29) is 17.1 Å². The summed E-state index contributed by atoms with van der Waals surface area (Å²) in [4.78, 5) is 31.2. The third-order valence-electron chi connectivity index (χ3n) is 1.08. The zero-order valence-electron chi connectivity index (χ0n) is 9.11. The normalized spacial score (nSPS) is 9.84. The van der Waals surface area contributed by atoms with E-state index >= 15 is 0 Å². The molecule has 0 bridgehead atoms. The second-order valence-electron chi connectivity index (χ2n) is 2.77. The fraction of sp³-hybridized carbons (Fsp3) is 0.500. The van der Waals surface area contributed by atoms with Gasteiger partial charge in [-0.1, -0.05) is 0 Å². The Morgan fingerprint density at radius 1 is 0.789 bits per heavy atom. The van der Waals surface area contributed by atoms with E-state index in [9.17, 15) is 14.4 Å². The van der Waals surface area contributed by atoms with Gasteiger partial charge in [0.05, 0.1) is 19.6 Å². The van der Waals surface area contributed by atoms with Gasteiger partial charge < -0.3 is 15.3 Å². The summed E-state index contributed by atoms with van der Waals surface area (Å²) in [6, 6.07) is 0. The third kappa shape index (κ3) is 31.5. The van der Waals surface area contributed by atoms with E-state index in [0.717, 1.165) is 4.90 Å². The maximum absolute atomic E-state index is 10.1. The predicted octanol–water partition coefficient (Wildman–Crippen LogP) is -2.11. The molecule has 0 fully saturated rings. The molecule has 5 N–H and O–H groups in total. The minimum Gasteiger partial charge on any atom is -0.480 e. The van der Waals surface area contributed by atoms with Crippen LogP contribution in [0.25, 0.3) is 0 Å². The minimum atomic E-state index is -4.67. The van der Waals surface area contributed by atoms with E-state index in [0.29, 0.717) is 0 Å². The molecule has 11 nitrogen and oxygen atoms in total. The summed E-state index contributed by atoms with van der Waals surface area (Å²) in [7, 11) is -4.67. The number of aliphatic carboxylic acids is 3. The molecule has 0 aromatic heterocycles. The van der Waals surface area contributed by atoms with E-state index in [1.807, 2.05) is 0 Å². The van der Waals surface area contributed by atoms with Crippen molar-refractivity contribution in [1.82, 2.24) is 4.90 Å². The first-order valence-corrected chi connectivity index (χ1v) is 5.39. The SMILES string of the molecule is O=C(O)CN(CC(=O)O)CC(=O)O.O=S(=O)(O)O.[Fe]. The van der Waals surface area contributed by atoms with Gasteiger partial charge in [0.15, 0.2) is 0 Å². The summed E-state index contributed by atoms with van der Waals surface area (Å²) >= 11 is 0. The second kappa shape index (κ2) is 10.7. The van der Waals surface area contributed by atoms with Crippen molar-refractivity contribution >= 4 is 28.3 Å². The Hall–Kier alpha value is -1.24. The van der Waals surface area contributed by atoms with Crippen molar-refractivity contribution in [3.8, 4) is 0 Å². The molecule has 0 aliphatic carbocycles. The molecule has 0 aromatic carbocycles. The molecule has 0 saturated heterocycles. The first-order chi connectivity index (χ1) is 7.91. The molecule has 0 spiro atoms. The van der Waals surface area contributed by atoms with Gasteiger partial charge >= 0.3 is 28.3 Å². The van der Waals surface area contributed by atoms with Gasteiger partial charge in [0.25, 0.3) is 0 Å². The molecule has 0 aliphatic heterocycles. The van der Waals surface area contributed by atoms with Crippen LogP contribution in [-0.4, -0.2) is 75.3 Å². The van der Waals surface area contributed by atoms with Crippen molar-refractivity contribution in [3.05, 3.63) is 0 Å². The van der Waals surface area contributed by atoms with E-state index in [1.54, 1.807) is 0 Å². The molecule has 114 valence electrons. The van der Waals surface area contributed by atoms with E-state index < -0.39 is 47.9 Å². The number of nitrogens with zero attached hydrogens (tertiary/aromatic N) is 1. The molecule has 0 amide bonds. The third-order valence-corrected chi connectivity index (χ3v) is 1.08. The average Bonchev–Trinajstić information content (AvgIpc) is 1.94. The molecule has 0 rings (SSSR count). The standard InChI is InChI=1S/C6H9NO6.Fe.H2O4S/c8-4(9)1-7(2-5(10)11)3-6(12)13;;1-5(2,3)4/h1-3H2,(H,8,9)(H,10,11)(H,12,13);;(H2,1,2,3,4). The molecule has 0 heterocycles. The Bertz CT molecular complexity index is 360. The van der Waals surface area contributed by atoms with Crippen LogP contribution in [-0.2, 0) is 41.9 Å². The van der Waals surface area contributed by atoms with Crippen LogP contribution in [0.1, 0.15) is 0 Å². The van der Waals surface area contributed by atoms with E-state index in [4.69, 9.17) is 32.8 Å². The summed E-state index contributed by atoms with van der Waals surface area (Å²) in [5.41, 5.74) is 0. The molecule has 19 heavy (non-hydrogen) atoms. The Kier molecular flexibility index (Phi) is 12.8. The van der Waals surface area contributed by atoms with Gasteiger partial charge in [-0.15, -0.1) is 0 Å².